The summed E-state index contributed by atoms with van der Waals surface area (Å²) in [4.78, 5) is 11.2. The molecule has 8 nitrogen and oxygen atoms in total. The van der Waals surface area contributed by atoms with E-state index >= 15 is 0 Å². The van der Waals surface area contributed by atoms with Crippen molar-refractivity contribution >= 4 is 16.0 Å². The molecule has 0 saturated carbocycles. The maximum Gasteiger partial charge on any atom is 0.490 e. The Hall–Kier alpha value is -1.63. The Morgan fingerprint density at radius 3 is 2.52 bits per heavy atom. The molecule has 0 bridgehead atoms. The summed E-state index contributed by atoms with van der Waals surface area (Å²) in [5.74, 6) is -1.45. The number of furan rings is 1. The standard InChI is InChI=1S/C15H24N2O4S.C2HF3O2/c1-3-22(18,19)17-7-6-15(20-2)13-10-16(11-14(13)17)9-12-5-4-8-21-12;3-2(4,5)1(6)7/h4-5,8,13-15H,3,6-7,9-11H2,1-2H3;(H,6,7)/t13-,14+,15-;/m0./s1. The van der Waals surface area contributed by atoms with Gasteiger partial charge >= 0.3 is 12.1 Å². The summed E-state index contributed by atoms with van der Waals surface area (Å²) >= 11 is 0. The zero-order valence-corrected chi connectivity index (χ0v) is 16.9. The van der Waals surface area contributed by atoms with Crippen molar-refractivity contribution in [2.24, 2.45) is 5.92 Å². The topological polar surface area (TPSA) is 100 Å². The number of carbonyl (C=O) groups is 1. The number of alkyl halides is 3. The number of likely N-dealkylation sites (tertiary alicyclic amines) is 1. The van der Waals surface area contributed by atoms with E-state index in [0.717, 1.165) is 31.8 Å². The van der Waals surface area contributed by atoms with Crippen LogP contribution in [0.1, 0.15) is 19.1 Å². The summed E-state index contributed by atoms with van der Waals surface area (Å²) in [6.45, 7) is 4.58. The Kier molecular flexibility index (Phi) is 7.71. The summed E-state index contributed by atoms with van der Waals surface area (Å²) in [5.41, 5.74) is 0. The van der Waals surface area contributed by atoms with Gasteiger partial charge in [-0.25, -0.2) is 13.2 Å². The van der Waals surface area contributed by atoms with Crippen LogP contribution >= 0.6 is 0 Å². The monoisotopic (exact) mass is 442 g/mol. The predicted molar refractivity (Wildman–Crippen MR) is 96.5 cm³/mol. The normalized spacial score (nSPS) is 25.9. The molecule has 1 N–H and O–H groups in total. The molecule has 2 aliphatic rings. The largest absolute Gasteiger partial charge is 0.490 e. The highest BCUT2D eigenvalue weighted by Crippen LogP contribution is 2.34. The van der Waals surface area contributed by atoms with Crippen LogP contribution in [0.3, 0.4) is 0 Å². The Morgan fingerprint density at radius 1 is 1.38 bits per heavy atom. The molecule has 0 spiro atoms. The van der Waals surface area contributed by atoms with Crippen LogP contribution in [0.25, 0.3) is 0 Å². The van der Waals surface area contributed by atoms with Crippen LogP contribution in [0.4, 0.5) is 13.2 Å². The number of methoxy groups -OCH3 is 1. The van der Waals surface area contributed by atoms with E-state index in [-0.39, 0.29) is 23.8 Å². The second kappa shape index (κ2) is 9.45. The van der Waals surface area contributed by atoms with E-state index in [2.05, 4.69) is 4.90 Å². The van der Waals surface area contributed by atoms with Crippen LogP contribution in [0.5, 0.6) is 0 Å². The number of sulfonamides is 1. The minimum absolute atomic E-state index is 0.0126. The highest BCUT2D eigenvalue weighted by molar-refractivity contribution is 7.89. The van der Waals surface area contributed by atoms with E-state index in [4.69, 9.17) is 19.1 Å². The van der Waals surface area contributed by atoms with Crippen molar-refractivity contribution in [1.82, 2.24) is 9.21 Å². The lowest BCUT2D eigenvalue weighted by Crippen LogP contribution is -2.53. The van der Waals surface area contributed by atoms with Crippen molar-refractivity contribution in [1.29, 1.82) is 0 Å². The number of ether oxygens (including phenoxy) is 1. The fourth-order valence-electron chi connectivity index (χ4n) is 3.75. The third-order valence-corrected chi connectivity index (χ3v) is 7.01. The van der Waals surface area contributed by atoms with Gasteiger partial charge in [0.1, 0.15) is 5.76 Å². The van der Waals surface area contributed by atoms with E-state index < -0.39 is 22.2 Å². The van der Waals surface area contributed by atoms with E-state index in [1.807, 2.05) is 12.1 Å². The molecule has 0 aromatic carbocycles. The van der Waals surface area contributed by atoms with Crippen molar-refractivity contribution in [3.63, 3.8) is 0 Å². The lowest BCUT2D eigenvalue weighted by atomic mass is 9.91. The third kappa shape index (κ3) is 5.93. The van der Waals surface area contributed by atoms with Gasteiger partial charge in [0.25, 0.3) is 0 Å². The zero-order valence-electron chi connectivity index (χ0n) is 16.1. The molecule has 0 aliphatic carbocycles. The molecular weight excluding hydrogens is 417 g/mol. The van der Waals surface area contributed by atoms with Crippen LogP contribution < -0.4 is 0 Å². The molecule has 1 aromatic rings. The molecule has 3 rings (SSSR count). The SMILES string of the molecule is CCS(=O)(=O)N1CC[C@H](OC)[C@H]2CN(Cc3ccco3)C[C@H]21.O=C(O)C(F)(F)F. The van der Waals surface area contributed by atoms with Gasteiger partial charge in [-0.3, -0.25) is 4.90 Å². The van der Waals surface area contributed by atoms with Gasteiger partial charge in [0.2, 0.25) is 10.0 Å². The van der Waals surface area contributed by atoms with Gasteiger partial charge in [0.15, 0.2) is 0 Å². The molecular formula is C17H25F3N2O6S. The maximum absolute atomic E-state index is 12.4. The molecule has 2 aliphatic heterocycles. The average molecular weight is 442 g/mol. The molecule has 12 heteroatoms. The number of carboxylic acids is 1. The number of piperidine rings is 1. The first-order valence-corrected chi connectivity index (χ1v) is 10.7. The molecule has 1 aromatic heterocycles. The predicted octanol–water partition coefficient (Wildman–Crippen LogP) is 1.78. The molecule has 0 unspecified atom stereocenters. The van der Waals surface area contributed by atoms with Crippen molar-refractivity contribution in [3.8, 4) is 0 Å². The summed E-state index contributed by atoms with van der Waals surface area (Å²) in [6, 6.07) is 3.85. The van der Waals surface area contributed by atoms with Gasteiger partial charge < -0.3 is 14.3 Å². The van der Waals surface area contributed by atoms with Gasteiger partial charge in [0.05, 0.1) is 24.7 Å². The quantitative estimate of drug-likeness (QED) is 0.742. The highest BCUT2D eigenvalue weighted by Gasteiger charge is 2.47. The van der Waals surface area contributed by atoms with Crippen LogP contribution in [0, 0.1) is 5.92 Å². The number of hydrogen-bond donors (Lipinski definition) is 1. The third-order valence-electron chi connectivity index (χ3n) is 5.12. The average Bonchev–Trinajstić information content (AvgIpc) is 3.30. The Labute approximate surface area is 167 Å². The number of carboxylic acid groups (broad SMARTS) is 1. The Morgan fingerprint density at radius 2 is 2.03 bits per heavy atom. The second-order valence-corrected chi connectivity index (χ2v) is 9.09. The molecule has 3 atom stereocenters. The first kappa shape index (κ1) is 23.6. The van der Waals surface area contributed by atoms with Crippen LogP contribution in [0.2, 0.25) is 0 Å². The molecule has 2 saturated heterocycles. The zero-order chi connectivity index (χ0) is 21.8. The highest BCUT2D eigenvalue weighted by atomic mass is 32.2. The molecule has 2 fully saturated rings. The first-order valence-electron chi connectivity index (χ1n) is 9.06. The smallest absolute Gasteiger partial charge is 0.475 e. The van der Waals surface area contributed by atoms with Gasteiger partial charge in [-0.1, -0.05) is 0 Å². The number of rotatable bonds is 5. The van der Waals surface area contributed by atoms with E-state index in [0.29, 0.717) is 6.54 Å². The Balaban J connectivity index is 0.000000370. The maximum atomic E-state index is 12.4. The number of hydrogen-bond acceptors (Lipinski definition) is 6. The van der Waals surface area contributed by atoms with Gasteiger partial charge in [-0.15, -0.1) is 0 Å². The van der Waals surface area contributed by atoms with E-state index in [1.54, 1.807) is 24.6 Å². The molecule has 0 amide bonds. The van der Waals surface area contributed by atoms with E-state index in [1.165, 1.54) is 0 Å². The molecule has 3 heterocycles. The van der Waals surface area contributed by atoms with Crippen molar-refractivity contribution in [2.75, 3.05) is 32.5 Å². The number of fused-ring (bicyclic) bond motifs is 1. The number of aliphatic carboxylic acids is 1. The lowest BCUT2D eigenvalue weighted by molar-refractivity contribution is -0.192. The minimum atomic E-state index is -5.08. The van der Waals surface area contributed by atoms with Gasteiger partial charge in [-0.05, 0) is 25.5 Å². The number of halogens is 3. The summed E-state index contributed by atoms with van der Waals surface area (Å²) in [6.07, 6.45) is -2.51. The lowest BCUT2D eigenvalue weighted by Gasteiger charge is -2.39. The fourth-order valence-corrected chi connectivity index (χ4v) is 5.11. The van der Waals surface area contributed by atoms with Crippen LogP contribution in [-0.4, -0.2) is 79.5 Å². The first-order chi connectivity index (χ1) is 13.5. The van der Waals surface area contributed by atoms with E-state index in [9.17, 15) is 21.6 Å². The van der Waals surface area contributed by atoms with Crippen LogP contribution in [0.15, 0.2) is 22.8 Å². The van der Waals surface area contributed by atoms with Gasteiger partial charge in [0, 0.05) is 38.7 Å². The Bertz CT molecular complexity index is 769. The fraction of sp³-hybridized carbons (Fsp3) is 0.706. The minimum Gasteiger partial charge on any atom is -0.475 e. The van der Waals surface area contributed by atoms with Crippen molar-refractivity contribution in [3.05, 3.63) is 24.2 Å². The second-order valence-electron chi connectivity index (χ2n) is 6.88. The van der Waals surface area contributed by atoms with Crippen molar-refractivity contribution < 1.29 is 40.6 Å². The van der Waals surface area contributed by atoms with Crippen molar-refractivity contribution in [2.45, 2.75) is 38.2 Å². The number of nitrogens with zero attached hydrogens (tertiary/aromatic N) is 2. The molecule has 29 heavy (non-hydrogen) atoms. The molecule has 166 valence electrons. The summed E-state index contributed by atoms with van der Waals surface area (Å²) in [7, 11) is -1.44. The van der Waals surface area contributed by atoms with Gasteiger partial charge in [-0.2, -0.15) is 17.5 Å². The van der Waals surface area contributed by atoms with Crippen LogP contribution in [-0.2, 0) is 26.1 Å². The molecule has 0 radical (unpaired) electrons. The summed E-state index contributed by atoms with van der Waals surface area (Å²) < 4.78 is 69.2. The summed E-state index contributed by atoms with van der Waals surface area (Å²) in [5, 5.41) is 7.12.